The van der Waals surface area contributed by atoms with Crippen molar-refractivity contribution in [2.45, 2.75) is 6.04 Å². The molecule has 0 saturated carbocycles. The van der Waals surface area contributed by atoms with Gasteiger partial charge in [-0.2, -0.15) is 0 Å². The van der Waals surface area contributed by atoms with Gasteiger partial charge in [-0.25, -0.2) is 5.43 Å². The largest absolute Gasteiger partial charge is 0.271 e. The van der Waals surface area contributed by atoms with E-state index in [1.54, 1.807) is 11.3 Å². The molecule has 1 aromatic heterocycles. The van der Waals surface area contributed by atoms with Gasteiger partial charge in [0.25, 0.3) is 0 Å². The molecule has 3 rings (SSSR count). The number of thiophene rings is 1. The fraction of sp³-hybridized carbons (Fsp3) is 0.0667. The molecule has 1 unspecified atom stereocenters. The zero-order valence-electron chi connectivity index (χ0n) is 10.1. The van der Waals surface area contributed by atoms with Gasteiger partial charge in [0.15, 0.2) is 0 Å². The Morgan fingerprint density at radius 1 is 1.00 bits per heavy atom. The van der Waals surface area contributed by atoms with E-state index in [9.17, 15) is 0 Å². The van der Waals surface area contributed by atoms with Crippen molar-refractivity contribution >= 4 is 33.7 Å². The predicted octanol–water partition coefficient (Wildman–Crippen LogP) is 4.11. The maximum Gasteiger partial charge on any atom is 0.0931 e. The number of hydrogen-bond donors (Lipinski definition) is 2. The average molecular weight is 289 g/mol. The number of rotatable bonds is 3. The molecule has 0 aliphatic heterocycles. The van der Waals surface area contributed by atoms with Gasteiger partial charge in [-0.1, -0.05) is 48.0 Å². The Bertz CT molecular complexity index is 708. The van der Waals surface area contributed by atoms with E-state index in [0.29, 0.717) is 0 Å². The number of nitrogens with two attached hydrogens (primary N) is 1. The van der Waals surface area contributed by atoms with Crippen molar-refractivity contribution < 1.29 is 0 Å². The Morgan fingerprint density at radius 3 is 2.47 bits per heavy atom. The Morgan fingerprint density at radius 2 is 1.79 bits per heavy atom. The minimum absolute atomic E-state index is 0.0258. The first-order chi connectivity index (χ1) is 9.28. The van der Waals surface area contributed by atoms with Crippen LogP contribution in [0.2, 0.25) is 4.34 Å². The van der Waals surface area contributed by atoms with Crippen LogP contribution in [0.1, 0.15) is 16.5 Å². The van der Waals surface area contributed by atoms with Gasteiger partial charge in [0.05, 0.1) is 10.4 Å². The van der Waals surface area contributed by atoms with Gasteiger partial charge in [0.2, 0.25) is 0 Å². The van der Waals surface area contributed by atoms with Gasteiger partial charge in [0, 0.05) is 4.88 Å². The highest BCUT2D eigenvalue weighted by Gasteiger charge is 2.14. The fourth-order valence-electron chi connectivity index (χ4n) is 2.21. The van der Waals surface area contributed by atoms with Crippen LogP contribution < -0.4 is 11.3 Å². The van der Waals surface area contributed by atoms with Crippen molar-refractivity contribution in [3.8, 4) is 0 Å². The van der Waals surface area contributed by atoms with Crippen molar-refractivity contribution in [2.24, 2.45) is 5.84 Å². The number of halogens is 1. The van der Waals surface area contributed by atoms with Crippen molar-refractivity contribution in [3.63, 3.8) is 0 Å². The lowest BCUT2D eigenvalue weighted by Crippen LogP contribution is -2.28. The molecule has 0 radical (unpaired) electrons. The molecule has 0 fully saturated rings. The second kappa shape index (κ2) is 5.31. The molecule has 0 aliphatic carbocycles. The molecule has 96 valence electrons. The van der Waals surface area contributed by atoms with Crippen molar-refractivity contribution in [2.75, 3.05) is 0 Å². The van der Waals surface area contributed by atoms with Crippen LogP contribution in [0.25, 0.3) is 10.8 Å². The minimum Gasteiger partial charge on any atom is -0.271 e. The summed E-state index contributed by atoms with van der Waals surface area (Å²) in [5.74, 6) is 5.70. The summed E-state index contributed by atoms with van der Waals surface area (Å²) in [4.78, 5) is 1.11. The summed E-state index contributed by atoms with van der Waals surface area (Å²) >= 11 is 7.54. The highest BCUT2D eigenvalue weighted by Crippen LogP contribution is 2.31. The average Bonchev–Trinajstić information content (AvgIpc) is 2.86. The third-order valence-electron chi connectivity index (χ3n) is 3.15. The van der Waals surface area contributed by atoms with Gasteiger partial charge < -0.3 is 0 Å². The standard InChI is InChI=1S/C15H13ClN2S/c16-14-8-7-13(19-14)15(18-17)12-6-5-10-3-1-2-4-11(10)9-12/h1-9,15,18H,17H2. The first kappa shape index (κ1) is 12.6. The SMILES string of the molecule is NNC(c1ccc2ccccc2c1)c1ccc(Cl)s1. The number of fused-ring (bicyclic) bond motifs is 1. The third kappa shape index (κ3) is 2.51. The topological polar surface area (TPSA) is 38.0 Å². The first-order valence-corrected chi connectivity index (χ1v) is 7.17. The summed E-state index contributed by atoms with van der Waals surface area (Å²) in [7, 11) is 0. The minimum atomic E-state index is -0.0258. The maximum atomic E-state index is 5.99. The number of nitrogens with one attached hydrogen (secondary N) is 1. The molecule has 0 bridgehead atoms. The molecule has 2 nitrogen and oxygen atoms in total. The van der Waals surface area contributed by atoms with E-state index in [-0.39, 0.29) is 6.04 Å². The van der Waals surface area contributed by atoms with E-state index in [0.717, 1.165) is 14.8 Å². The van der Waals surface area contributed by atoms with Gasteiger partial charge >= 0.3 is 0 Å². The van der Waals surface area contributed by atoms with E-state index in [1.165, 1.54) is 10.8 Å². The molecule has 0 aliphatic rings. The lowest BCUT2D eigenvalue weighted by molar-refractivity contribution is 0.647. The summed E-state index contributed by atoms with van der Waals surface area (Å²) < 4.78 is 0.774. The third-order valence-corrected chi connectivity index (χ3v) is 4.45. The van der Waals surface area contributed by atoms with E-state index < -0.39 is 0 Å². The summed E-state index contributed by atoms with van der Waals surface area (Å²) in [5, 5.41) is 2.44. The molecule has 19 heavy (non-hydrogen) atoms. The monoisotopic (exact) mass is 288 g/mol. The second-order valence-electron chi connectivity index (χ2n) is 4.35. The molecule has 0 spiro atoms. The summed E-state index contributed by atoms with van der Waals surface area (Å²) in [6.07, 6.45) is 0. The molecule has 1 heterocycles. The van der Waals surface area contributed by atoms with Crippen LogP contribution in [-0.2, 0) is 0 Å². The molecule has 4 heteroatoms. The van der Waals surface area contributed by atoms with Gasteiger partial charge in [-0.15, -0.1) is 11.3 Å². The normalized spacial score (nSPS) is 12.7. The van der Waals surface area contributed by atoms with Crippen molar-refractivity contribution in [3.05, 3.63) is 69.4 Å². The van der Waals surface area contributed by atoms with E-state index in [1.807, 2.05) is 24.3 Å². The molecule has 0 saturated heterocycles. The van der Waals surface area contributed by atoms with Crippen LogP contribution in [0.3, 0.4) is 0 Å². The van der Waals surface area contributed by atoms with Gasteiger partial charge in [0.1, 0.15) is 0 Å². The molecule has 2 aromatic carbocycles. The molecule has 0 amide bonds. The Hall–Kier alpha value is -1.39. The maximum absolute atomic E-state index is 5.99. The van der Waals surface area contributed by atoms with Crippen LogP contribution >= 0.6 is 22.9 Å². The Balaban J connectivity index is 2.06. The zero-order valence-corrected chi connectivity index (χ0v) is 11.7. The number of benzene rings is 2. The Labute approximate surface area is 120 Å². The van der Waals surface area contributed by atoms with Gasteiger partial charge in [-0.05, 0) is 34.5 Å². The van der Waals surface area contributed by atoms with Crippen molar-refractivity contribution in [1.29, 1.82) is 0 Å². The molecular weight excluding hydrogens is 276 g/mol. The quantitative estimate of drug-likeness (QED) is 0.562. The van der Waals surface area contributed by atoms with Gasteiger partial charge in [-0.3, -0.25) is 5.84 Å². The second-order valence-corrected chi connectivity index (χ2v) is 6.09. The predicted molar refractivity (Wildman–Crippen MR) is 82.4 cm³/mol. The summed E-state index contributed by atoms with van der Waals surface area (Å²) in [6, 6.07) is 18.5. The highest BCUT2D eigenvalue weighted by atomic mass is 35.5. The van der Waals surface area contributed by atoms with Crippen LogP contribution in [-0.4, -0.2) is 0 Å². The van der Waals surface area contributed by atoms with E-state index in [4.69, 9.17) is 17.4 Å². The highest BCUT2D eigenvalue weighted by molar-refractivity contribution is 7.16. The molecule has 3 aromatic rings. The smallest absolute Gasteiger partial charge is 0.0931 e. The van der Waals surface area contributed by atoms with E-state index >= 15 is 0 Å². The van der Waals surface area contributed by atoms with Crippen molar-refractivity contribution in [1.82, 2.24) is 5.43 Å². The number of hydrazine groups is 1. The van der Waals surface area contributed by atoms with Crippen LogP contribution in [0.15, 0.2) is 54.6 Å². The summed E-state index contributed by atoms with van der Waals surface area (Å²) in [5.41, 5.74) is 4.00. The first-order valence-electron chi connectivity index (χ1n) is 5.98. The molecular formula is C15H13ClN2S. The number of hydrogen-bond acceptors (Lipinski definition) is 3. The molecule has 3 N–H and O–H groups in total. The van der Waals surface area contributed by atoms with E-state index in [2.05, 4.69) is 35.8 Å². The lowest BCUT2D eigenvalue weighted by atomic mass is 10.0. The van der Waals surface area contributed by atoms with Crippen LogP contribution in [0.5, 0.6) is 0 Å². The fourth-order valence-corrected chi connectivity index (χ4v) is 3.36. The Kier molecular flexibility index (Phi) is 3.53. The van der Waals surface area contributed by atoms with Crippen LogP contribution in [0.4, 0.5) is 0 Å². The zero-order chi connectivity index (χ0) is 13.2. The molecule has 1 atom stereocenters. The summed E-state index contributed by atoms with van der Waals surface area (Å²) in [6.45, 7) is 0. The lowest BCUT2D eigenvalue weighted by Gasteiger charge is -2.15. The van der Waals surface area contributed by atoms with Crippen LogP contribution in [0, 0.1) is 0 Å².